The summed E-state index contributed by atoms with van der Waals surface area (Å²) in [5, 5.41) is 14.3. The standard InChI is InChI=1S/C48H67N3O5S/c1-31(35-17-19-36(20-18-35)41-32(2)49-30-57-41)50-43(53)40-26-39(52)28-51(40)44(54)42(47(6,7)8)48(45(55)56-29-33-14-10-9-11-15-33)22-13-12-16-34(27-46(3,4)5)24-38-25-37(38)21-23-48/h9-11,14-15,17-20,30-31,34,37-40,42,52H,12-13,16,21-29H2,1-8H3,(H,50,53)/t31-,34?,37?,38?,39+,40?,42+,48?/m0/s1. The molecule has 2 heterocycles. The van der Waals surface area contributed by atoms with Gasteiger partial charge >= 0.3 is 5.97 Å². The van der Waals surface area contributed by atoms with Gasteiger partial charge in [-0.1, -0.05) is 115 Å². The van der Waals surface area contributed by atoms with E-state index >= 15 is 4.79 Å². The molecule has 2 amide bonds. The molecular formula is C48H67N3O5S. The normalized spacial score (nSPS) is 26.8. The third kappa shape index (κ3) is 10.6. The molecule has 8 nitrogen and oxygen atoms in total. The SMILES string of the molecule is Cc1ncsc1-c1ccc([C@H](C)NC(=O)C2C[C@@H](O)CN2C(=O)[C@H](C(C)(C)C)C2(C(=O)OCc3ccccc3)CCCCC(CC(C)(C)C)CC3CC3CC2)cc1. The predicted molar refractivity (Wildman–Crippen MR) is 228 cm³/mol. The number of benzene rings is 2. The lowest BCUT2D eigenvalue weighted by Crippen LogP contribution is -2.56. The molecule has 5 unspecified atom stereocenters. The monoisotopic (exact) mass is 797 g/mol. The summed E-state index contributed by atoms with van der Waals surface area (Å²) in [5.41, 5.74) is 4.30. The largest absolute Gasteiger partial charge is 0.460 e. The van der Waals surface area contributed by atoms with Gasteiger partial charge in [-0.2, -0.15) is 0 Å². The molecule has 6 rings (SSSR count). The van der Waals surface area contributed by atoms with E-state index in [2.05, 4.69) is 31.1 Å². The average Bonchev–Trinajstić information content (AvgIpc) is 3.53. The van der Waals surface area contributed by atoms with Crippen LogP contribution in [0.25, 0.3) is 10.4 Å². The summed E-state index contributed by atoms with van der Waals surface area (Å²) in [6.07, 6.45) is 7.85. The zero-order valence-corrected chi connectivity index (χ0v) is 36.5. The third-order valence-electron chi connectivity index (χ3n) is 13.0. The molecule has 0 spiro atoms. The minimum absolute atomic E-state index is 0.0507. The van der Waals surface area contributed by atoms with Crippen molar-refractivity contribution < 1.29 is 24.2 Å². The van der Waals surface area contributed by atoms with Crippen molar-refractivity contribution in [2.45, 2.75) is 144 Å². The van der Waals surface area contributed by atoms with E-state index in [1.165, 1.54) is 19.3 Å². The molecule has 3 fully saturated rings. The number of amides is 2. The number of likely N-dealkylation sites (tertiary alicyclic amines) is 1. The second kappa shape index (κ2) is 17.7. The van der Waals surface area contributed by atoms with Crippen LogP contribution >= 0.6 is 11.3 Å². The molecule has 0 radical (unpaired) electrons. The molecule has 3 aromatic rings. The molecule has 8 atom stereocenters. The number of hydrogen-bond donors (Lipinski definition) is 2. The number of aryl methyl sites for hydroxylation is 1. The first-order valence-electron chi connectivity index (χ1n) is 21.5. The Morgan fingerprint density at radius 2 is 1.67 bits per heavy atom. The van der Waals surface area contributed by atoms with Gasteiger partial charge in [0.25, 0.3) is 0 Å². The van der Waals surface area contributed by atoms with Crippen molar-refractivity contribution in [3.63, 3.8) is 0 Å². The molecule has 57 heavy (non-hydrogen) atoms. The second-order valence-electron chi connectivity index (χ2n) is 19.9. The molecular weight excluding hydrogens is 731 g/mol. The summed E-state index contributed by atoms with van der Waals surface area (Å²) in [7, 11) is 0. The van der Waals surface area contributed by atoms with Crippen LogP contribution in [0, 0.1) is 46.8 Å². The number of fused-ring (bicyclic) bond motifs is 1. The fraction of sp³-hybridized carbons (Fsp3) is 0.625. The minimum Gasteiger partial charge on any atom is -0.460 e. The molecule has 2 aromatic carbocycles. The lowest BCUT2D eigenvalue weighted by Gasteiger charge is -2.46. The molecule has 1 aromatic heterocycles. The van der Waals surface area contributed by atoms with Crippen molar-refractivity contribution in [2.24, 2.45) is 39.9 Å². The number of nitrogens with zero attached hydrogens (tertiary/aromatic N) is 2. The number of thiazole rings is 1. The molecule has 2 aliphatic carbocycles. The molecule has 2 N–H and O–H groups in total. The lowest BCUT2D eigenvalue weighted by atomic mass is 9.59. The Kier molecular flexibility index (Phi) is 13.4. The van der Waals surface area contributed by atoms with Gasteiger partial charge in [0.1, 0.15) is 12.6 Å². The number of β-amino-alcohol motifs (C(OH)–C–C–N with tert-alkyl or cyclic N) is 1. The zero-order chi connectivity index (χ0) is 41.1. The average molecular weight is 798 g/mol. The van der Waals surface area contributed by atoms with Gasteiger partial charge in [-0.25, -0.2) is 4.98 Å². The summed E-state index contributed by atoms with van der Waals surface area (Å²) < 4.78 is 6.29. The van der Waals surface area contributed by atoms with Gasteiger partial charge in [-0.15, -0.1) is 11.3 Å². The third-order valence-corrected chi connectivity index (χ3v) is 14.0. The van der Waals surface area contributed by atoms with E-state index in [0.29, 0.717) is 30.6 Å². The van der Waals surface area contributed by atoms with Crippen molar-refractivity contribution in [3.8, 4) is 10.4 Å². The van der Waals surface area contributed by atoms with Crippen molar-refractivity contribution in [1.82, 2.24) is 15.2 Å². The van der Waals surface area contributed by atoms with Crippen LogP contribution < -0.4 is 5.32 Å². The molecule has 9 heteroatoms. The highest BCUT2D eigenvalue weighted by Gasteiger charge is 2.58. The quantitative estimate of drug-likeness (QED) is 0.198. The maximum atomic E-state index is 15.4. The molecule has 3 aliphatic rings. The van der Waals surface area contributed by atoms with E-state index in [0.717, 1.165) is 52.9 Å². The summed E-state index contributed by atoms with van der Waals surface area (Å²) in [5.74, 6) is 0.263. The van der Waals surface area contributed by atoms with Crippen LogP contribution in [-0.2, 0) is 25.7 Å². The molecule has 310 valence electrons. The Hall–Kier alpha value is -3.56. The summed E-state index contributed by atoms with van der Waals surface area (Å²) in [6.45, 7) is 17.3. The first kappa shape index (κ1) is 43.0. The Morgan fingerprint density at radius 3 is 2.32 bits per heavy atom. The maximum absolute atomic E-state index is 15.4. The first-order chi connectivity index (χ1) is 26.9. The predicted octanol–water partition coefficient (Wildman–Crippen LogP) is 10.1. The number of carbonyl (C=O) groups is 3. The van der Waals surface area contributed by atoms with Gasteiger partial charge in [0.2, 0.25) is 11.8 Å². The van der Waals surface area contributed by atoms with Gasteiger partial charge in [0, 0.05) is 13.0 Å². The van der Waals surface area contributed by atoms with E-state index < -0.39 is 28.9 Å². The van der Waals surface area contributed by atoms with Crippen molar-refractivity contribution in [2.75, 3.05) is 6.54 Å². The number of hydrogen-bond acceptors (Lipinski definition) is 7. The van der Waals surface area contributed by atoms with Gasteiger partial charge in [-0.3, -0.25) is 14.4 Å². The molecule has 1 aliphatic heterocycles. The summed E-state index contributed by atoms with van der Waals surface area (Å²) in [4.78, 5) is 51.7. The number of aliphatic hydroxyl groups is 1. The number of ether oxygens (including phenoxy) is 1. The fourth-order valence-electron chi connectivity index (χ4n) is 10.3. The topological polar surface area (TPSA) is 109 Å². The van der Waals surface area contributed by atoms with E-state index in [-0.39, 0.29) is 48.8 Å². The maximum Gasteiger partial charge on any atom is 0.313 e. The van der Waals surface area contributed by atoms with Gasteiger partial charge in [0.05, 0.1) is 39.6 Å². The summed E-state index contributed by atoms with van der Waals surface area (Å²) >= 11 is 1.60. The Labute approximate surface area is 345 Å². The Bertz CT molecular complexity index is 1830. The minimum atomic E-state index is -1.08. The van der Waals surface area contributed by atoms with Crippen LogP contribution in [0.4, 0.5) is 0 Å². The highest BCUT2D eigenvalue weighted by molar-refractivity contribution is 7.13. The molecule has 0 bridgehead atoms. The van der Waals surface area contributed by atoms with Crippen molar-refractivity contribution in [3.05, 3.63) is 76.9 Å². The number of aliphatic hydroxyl groups excluding tert-OH is 1. The second-order valence-corrected chi connectivity index (χ2v) is 20.8. The van der Waals surface area contributed by atoms with Crippen molar-refractivity contribution >= 4 is 29.1 Å². The van der Waals surface area contributed by atoms with Gasteiger partial charge in [-0.05, 0) is 97.6 Å². The molecule has 1 saturated heterocycles. The number of esters is 1. The fourth-order valence-corrected chi connectivity index (χ4v) is 11.1. The number of carbonyl (C=O) groups excluding carboxylic acids is 3. The van der Waals surface area contributed by atoms with Gasteiger partial charge < -0.3 is 20.1 Å². The Morgan fingerprint density at radius 1 is 0.947 bits per heavy atom. The summed E-state index contributed by atoms with van der Waals surface area (Å²) in [6, 6.07) is 16.7. The van der Waals surface area contributed by atoms with E-state index in [9.17, 15) is 14.7 Å². The van der Waals surface area contributed by atoms with Crippen LogP contribution in [0.15, 0.2) is 60.1 Å². The highest BCUT2D eigenvalue weighted by atomic mass is 32.1. The molecule has 2 saturated carbocycles. The van der Waals surface area contributed by atoms with Crippen LogP contribution in [0.1, 0.15) is 136 Å². The van der Waals surface area contributed by atoms with E-state index in [4.69, 9.17) is 4.74 Å². The lowest BCUT2D eigenvalue weighted by molar-refractivity contribution is -0.174. The van der Waals surface area contributed by atoms with E-state index in [1.807, 2.05) is 94.7 Å². The number of aromatic nitrogens is 1. The van der Waals surface area contributed by atoms with Crippen LogP contribution in [0.2, 0.25) is 0 Å². The van der Waals surface area contributed by atoms with Crippen molar-refractivity contribution in [1.29, 1.82) is 0 Å². The highest BCUT2D eigenvalue weighted by Crippen LogP contribution is 2.55. The number of nitrogens with one attached hydrogen (secondary N) is 1. The van der Waals surface area contributed by atoms with Crippen LogP contribution in [-0.4, -0.2) is 51.5 Å². The first-order valence-corrected chi connectivity index (χ1v) is 22.3. The van der Waals surface area contributed by atoms with Crippen LogP contribution in [0.5, 0.6) is 0 Å². The van der Waals surface area contributed by atoms with Crippen LogP contribution in [0.3, 0.4) is 0 Å². The van der Waals surface area contributed by atoms with Gasteiger partial charge in [0.15, 0.2) is 0 Å². The Balaban J connectivity index is 1.27. The smallest absolute Gasteiger partial charge is 0.313 e. The zero-order valence-electron chi connectivity index (χ0n) is 35.7. The van der Waals surface area contributed by atoms with E-state index in [1.54, 1.807) is 16.2 Å². The number of rotatable bonds is 10.